The number of halogens is 3. The molecule has 0 N–H and O–H groups in total. The van der Waals surface area contributed by atoms with Gasteiger partial charge in [-0.15, -0.1) is 23.1 Å². The van der Waals surface area contributed by atoms with Crippen LogP contribution in [0.25, 0.3) is 0 Å². The summed E-state index contributed by atoms with van der Waals surface area (Å²) in [5.74, 6) is 0. The second-order valence-corrected chi connectivity index (χ2v) is 7.68. The van der Waals surface area contributed by atoms with Crippen molar-refractivity contribution in [2.45, 2.75) is 9.72 Å². The Morgan fingerprint density at radius 1 is 1.35 bits per heavy atom. The van der Waals surface area contributed by atoms with E-state index in [1.54, 1.807) is 23.1 Å². The van der Waals surface area contributed by atoms with E-state index >= 15 is 0 Å². The summed E-state index contributed by atoms with van der Waals surface area (Å²) in [6.07, 6.45) is 2.09. The maximum Gasteiger partial charge on any atom is 0.107 e. The summed E-state index contributed by atoms with van der Waals surface area (Å²) in [4.78, 5) is 2.69. The van der Waals surface area contributed by atoms with Crippen LogP contribution < -0.4 is 0 Å². The monoisotopic (exact) mass is 410 g/mol. The molecule has 1 aromatic carbocycles. The maximum atomic E-state index is 6.08. The van der Waals surface area contributed by atoms with Crippen LogP contribution in [0.2, 0.25) is 4.34 Å². The minimum atomic E-state index is 0.194. The summed E-state index contributed by atoms with van der Waals surface area (Å²) in [6, 6.07) is 10.5. The Hall–Kier alpha value is 0.520. The topological polar surface area (TPSA) is 0 Å². The molecular formula is C12H9Br2ClS2. The number of benzene rings is 1. The molecule has 2 aromatic rings. The molecule has 0 saturated carbocycles. The highest BCUT2D eigenvalue weighted by Gasteiger charge is 2.17. The fraction of sp³-hybridized carbons (Fsp3) is 0.167. The SMILES string of the molecule is CSc1ccccc1C(Br)c1cc(Br)c(Cl)s1. The first kappa shape index (κ1) is 13.9. The minimum absolute atomic E-state index is 0.194. The lowest BCUT2D eigenvalue weighted by atomic mass is 10.1. The predicted octanol–water partition coefficient (Wildman–Crippen LogP) is 6.37. The number of hydrogen-bond donors (Lipinski definition) is 0. The highest BCUT2D eigenvalue weighted by atomic mass is 79.9. The Morgan fingerprint density at radius 2 is 2.06 bits per heavy atom. The zero-order valence-corrected chi connectivity index (χ0v) is 14.5. The van der Waals surface area contributed by atoms with Gasteiger partial charge in [-0.3, -0.25) is 0 Å². The van der Waals surface area contributed by atoms with Crippen LogP contribution in [-0.4, -0.2) is 6.26 Å². The van der Waals surface area contributed by atoms with Gasteiger partial charge in [0.15, 0.2) is 0 Å². The Morgan fingerprint density at radius 3 is 2.65 bits per heavy atom. The largest absolute Gasteiger partial charge is 0.129 e. The zero-order chi connectivity index (χ0) is 12.4. The standard InChI is InChI=1S/C12H9Br2ClS2/c1-16-9-5-3-2-4-7(9)11(14)10-6-8(13)12(15)17-10/h2-6,11H,1H3. The third-order valence-electron chi connectivity index (χ3n) is 2.33. The second-order valence-electron chi connectivity index (χ2n) is 3.37. The Labute approximate surface area is 131 Å². The molecular weight excluding hydrogens is 404 g/mol. The third-order valence-corrected chi connectivity index (χ3v) is 6.97. The van der Waals surface area contributed by atoms with Crippen molar-refractivity contribution in [3.05, 3.63) is 49.6 Å². The van der Waals surface area contributed by atoms with Crippen LogP contribution in [0.15, 0.2) is 39.7 Å². The zero-order valence-electron chi connectivity index (χ0n) is 8.91. The van der Waals surface area contributed by atoms with Crippen LogP contribution in [0.3, 0.4) is 0 Å². The van der Waals surface area contributed by atoms with E-state index in [0.717, 1.165) is 8.81 Å². The van der Waals surface area contributed by atoms with Gasteiger partial charge < -0.3 is 0 Å². The van der Waals surface area contributed by atoms with Crippen molar-refractivity contribution in [3.63, 3.8) is 0 Å². The average molecular weight is 413 g/mol. The molecule has 0 saturated heterocycles. The molecule has 2 rings (SSSR count). The van der Waals surface area contributed by atoms with E-state index in [1.807, 2.05) is 0 Å². The lowest BCUT2D eigenvalue weighted by Gasteiger charge is -2.12. The summed E-state index contributed by atoms with van der Waals surface area (Å²) in [5, 5.41) is 0. The van der Waals surface area contributed by atoms with E-state index < -0.39 is 0 Å². The number of hydrogen-bond acceptors (Lipinski definition) is 2. The van der Waals surface area contributed by atoms with Crippen molar-refractivity contribution >= 4 is 66.6 Å². The quantitative estimate of drug-likeness (QED) is 0.417. The van der Waals surface area contributed by atoms with Crippen molar-refractivity contribution in [1.82, 2.24) is 0 Å². The molecule has 0 aliphatic rings. The fourth-order valence-electron chi connectivity index (χ4n) is 1.52. The molecule has 0 aliphatic carbocycles. The van der Waals surface area contributed by atoms with Crippen molar-refractivity contribution < 1.29 is 0 Å². The molecule has 90 valence electrons. The average Bonchev–Trinajstić information content (AvgIpc) is 2.68. The molecule has 0 bridgehead atoms. The highest BCUT2D eigenvalue weighted by Crippen LogP contribution is 2.43. The Bertz CT molecular complexity index is 505. The number of rotatable bonds is 3. The molecule has 0 aliphatic heterocycles. The molecule has 5 heteroatoms. The molecule has 0 radical (unpaired) electrons. The van der Waals surface area contributed by atoms with Gasteiger partial charge in [0.2, 0.25) is 0 Å². The van der Waals surface area contributed by atoms with Crippen molar-refractivity contribution in [3.8, 4) is 0 Å². The first-order chi connectivity index (χ1) is 8.13. The number of thiophene rings is 1. The van der Waals surface area contributed by atoms with E-state index in [4.69, 9.17) is 11.6 Å². The van der Waals surface area contributed by atoms with Crippen LogP contribution in [-0.2, 0) is 0 Å². The maximum absolute atomic E-state index is 6.08. The van der Waals surface area contributed by atoms with Crippen LogP contribution in [0.4, 0.5) is 0 Å². The van der Waals surface area contributed by atoms with Crippen molar-refractivity contribution in [2.75, 3.05) is 6.26 Å². The van der Waals surface area contributed by atoms with Crippen LogP contribution in [0.5, 0.6) is 0 Å². The molecule has 0 spiro atoms. The molecule has 0 fully saturated rings. The van der Waals surface area contributed by atoms with Gasteiger partial charge in [0, 0.05) is 14.2 Å². The lowest BCUT2D eigenvalue weighted by molar-refractivity contribution is 1.15. The van der Waals surface area contributed by atoms with Gasteiger partial charge in [-0.25, -0.2) is 0 Å². The summed E-state index contributed by atoms with van der Waals surface area (Å²) < 4.78 is 1.76. The minimum Gasteiger partial charge on any atom is -0.129 e. The highest BCUT2D eigenvalue weighted by molar-refractivity contribution is 9.10. The van der Waals surface area contributed by atoms with Gasteiger partial charge in [0.25, 0.3) is 0 Å². The van der Waals surface area contributed by atoms with E-state index in [1.165, 1.54) is 15.3 Å². The van der Waals surface area contributed by atoms with Gasteiger partial charge in [-0.1, -0.05) is 45.7 Å². The summed E-state index contributed by atoms with van der Waals surface area (Å²) in [7, 11) is 0. The van der Waals surface area contributed by atoms with Crippen molar-refractivity contribution in [1.29, 1.82) is 0 Å². The smallest absolute Gasteiger partial charge is 0.107 e. The van der Waals surface area contributed by atoms with Crippen LogP contribution in [0.1, 0.15) is 15.3 Å². The summed E-state index contributed by atoms with van der Waals surface area (Å²) in [5.41, 5.74) is 1.28. The molecule has 1 aromatic heterocycles. The molecule has 1 atom stereocenters. The molecule has 1 unspecified atom stereocenters. The Kier molecular flexibility index (Phi) is 5.01. The first-order valence-corrected chi connectivity index (χ1v) is 8.98. The van der Waals surface area contributed by atoms with E-state index in [-0.39, 0.29) is 4.83 Å². The van der Waals surface area contributed by atoms with Gasteiger partial charge in [0.05, 0.1) is 4.83 Å². The summed E-state index contributed by atoms with van der Waals surface area (Å²) >= 11 is 16.6. The number of alkyl halides is 1. The van der Waals surface area contributed by atoms with Gasteiger partial charge in [-0.05, 0) is 39.9 Å². The molecule has 0 amide bonds. The first-order valence-electron chi connectivity index (χ1n) is 4.85. The normalized spacial score (nSPS) is 12.7. The summed E-state index contributed by atoms with van der Waals surface area (Å²) in [6.45, 7) is 0. The van der Waals surface area contributed by atoms with Crippen molar-refractivity contribution in [2.24, 2.45) is 0 Å². The number of thioether (sulfide) groups is 1. The van der Waals surface area contributed by atoms with E-state index in [9.17, 15) is 0 Å². The molecule has 17 heavy (non-hydrogen) atoms. The predicted molar refractivity (Wildman–Crippen MR) is 86.0 cm³/mol. The molecule has 0 nitrogen and oxygen atoms in total. The fourth-order valence-corrected chi connectivity index (χ4v) is 4.85. The van der Waals surface area contributed by atoms with E-state index in [0.29, 0.717) is 0 Å². The Balaban J connectivity index is 2.39. The second kappa shape index (κ2) is 6.11. The molecule has 1 heterocycles. The van der Waals surface area contributed by atoms with Gasteiger partial charge >= 0.3 is 0 Å². The van der Waals surface area contributed by atoms with Crippen LogP contribution in [0, 0.1) is 0 Å². The van der Waals surface area contributed by atoms with Gasteiger partial charge in [-0.2, -0.15) is 0 Å². The van der Waals surface area contributed by atoms with Crippen LogP contribution >= 0.6 is 66.6 Å². The van der Waals surface area contributed by atoms with Gasteiger partial charge in [0.1, 0.15) is 4.34 Å². The lowest BCUT2D eigenvalue weighted by Crippen LogP contribution is -1.91. The third kappa shape index (κ3) is 3.10. The van der Waals surface area contributed by atoms with E-state index in [2.05, 4.69) is 68.4 Å².